The summed E-state index contributed by atoms with van der Waals surface area (Å²) in [4.78, 5) is 25.4. The highest BCUT2D eigenvalue weighted by Crippen LogP contribution is 2.33. The number of thiocarbonyl (C=S) groups is 1. The number of hydrogen-bond acceptors (Lipinski definition) is 6. The number of benzene rings is 2. The van der Waals surface area contributed by atoms with Gasteiger partial charge in [-0.15, -0.1) is 0 Å². The van der Waals surface area contributed by atoms with E-state index in [1.54, 1.807) is 24.3 Å². The topological polar surface area (TPSA) is 78.9 Å². The van der Waals surface area contributed by atoms with Crippen LogP contribution in [-0.4, -0.2) is 33.4 Å². The zero-order chi connectivity index (χ0) is 20.4. The predicted octanol–water partition coefficient (Wildman–Crippen LogP) is 4.25. The highest BCUT2D eigenvalue weighted by atomic mass is 35.5. The van der Waals surface area contributed by atoms with Crippen molar-refractivity contribution in [2.75, 3.05) is 7.11 Å². The van der Waals surface area contributed by atoms with E-state index in [-0.39, 0.29) is 21.4 Å². The van der Waals surface area contributed by atoms with Crippen molar-refractivity contribution in [2.24, 2.45) is 0 Å². The summed E-state index contributed by atoms with van der Waals surface area (Å²) in [5.41, 5.74) is 3.24. The number of aromatic hydroxyl groups is 1. The lowest BCUT2D eigenvalue weighted by molar-refractivity contribution is -0.123. The summed E-state index contributed by atoms with van der Waals surface area (Å²) in [6, 6.07) is 8.97. The normalized spacial score (nSPS) is 15.2. The van der Waals surface area contributed by atoms with Crippen LogP contribution in [-0.2, 0) is 4.79 Å². The summed E-state index contributed by atoms with van der Waals surface area (Å²) in [7, 11) is 1.37. The van der Waals surface area contributed by atoms with Crippen LogP contribution in [0.5, 0.6) is 11.5 Å². The minimum absolute atomic E-state index is 0.104. The second-order valence-electron chi connectivity index (χ2n) is 5.51. The van der Waals surface area contributed by atoms with Crippen molar-refractivity contribution < 1.29 is 19.4 Å². The summed E-state index contributed by atoms with van der Waals surface area (Å²) in [5.74, 6) is -1.04. The standard InChI is InChI=1S/C18H12Cl2N2O4S2/c1-26-14-6-10(3-5-13(14)23)16(24)21-22-17(25)15(28-18(22)27)7-9-2-4-11(19)8-12(9)20/h2-8,23H,1H3,(H,21,24)/b15-7-. The highest BCUT2D eigenvalue weighted by molar-refractivity contribution is 8.26. The molecule has 0 aliphatic carbocycles. The Balaban J connectivity index is 1.80. The quantitative estimate of drug-likeness (QED) is 0.530. The average Bonchev–Trinajstić information content (AvgIpc) is 2.91. The van der Waals surface area contributed by atoms with Crippen LogP contribution in [0.2, 0.25) is 10.0 Å². The predicted molar refractivity (Wildman–Crippen MR) is 114 cm³/mol. The number of carbonyl (C=O) groups is 2. The third-order valence-electron chi connectivity index (χ3n) is 3.70. The van der Waals surface area contributed by atoms with Crippen LogP contribution in [0.25, 0.3) is 6.08 Å². The van der Waals surface area contributed by atoms with Gasteiger partial charge in [-0.25, -0.2) is 0 Å². The Labute approximate surface area is 180 Å². The Hall–Kier alpha value is -2.26. The maximum atomic E-state index is 12.6. The largest absolute Gasteiger partial charge is 0.504 e. The Kier molecular flexibility index (Phi) is 6.14. The van der Waals surface area contributed by atoms with Crippen LogP contribution < -0.4 is 10.2 Å². The summed E-state index contributed by atoms with van der Waals surface area (Å²) < 4.78 is 5.15. The molecule has 6 nitrogen and oxygen atoms in total. The zero-order valence-electron chi connectivity index (χ0n) is 14.2. The Bertz CT molecular complexity index is 1030. The van der Waals surface area contributed by atoms with Gasteiger partial charge in [0.2, 0.25) is 0 Å². The Morgan fingerprint density at radius 1 is 1.29 bits per heavy atom. The molecule has 2 aromatic carbocycles. The van der Waals surface area contributed by atoms with Crippen molar-refractivity contribution in [3.05, 3.63) is 62.5 Å². The van der Waals surface area contributed by atoms with E-state index in [2.05, 4.69) is 5.43 Å². The van der Waals surface area contributed by atoms with Gasteiger partial charge >= 0.3 is 0 Å². The van der Waals surface area contributed by atoms with Crippen LogP contribution in [0, 0.1) is 0 Å². The first-order chi connectivity index (χ1) is 13.3. The molecule has 0 radical (unpaired) electrons. The SMILES string of the molecule is COc1cc(C(=O)NN2C(=O)/C(=C/c3ccc(Cl)cc3Cl)SC2=S)ccc1O. The first kappa shape index (κ1) is 20.5. The molecule has 2 aromatic rings. The molecular formula is C18H12Cl2N2O4S2. The number of nitrogens with zero attached hydrogens (tertiary/aromatic N) is 1. The first-order valence-electron chi connectivity index (χ1n) is 7.71. The molecule has 0 bridgehead atoms. The lowest BCUT2D eigenvalue weighted by Gasteiger charge is -2.16. The smallest absolute Gasteiger partial charge is 0.285 e. The molecule has 2 amide bonds. The number of halogens is 2. The number of rotatable bonds is 4. The van der Waals surface area contributed by atoms with E-state index in [4.69, 9.17) is 40.2 Å². The molecule has 0 atom stereocenters. The number of nitrogens with one attached hydrogen (secondary N) is 1. The van der Waals surface area contributed by atoms with Crippen molar-refractivity contribution in [3.8, 4) is 11.5 Å². The van der Waals surface area contributed by atoms with Crippen molar-refractivity contribution >= 4 is 69.4 Å². The van der Waals surface area contributed by atoms with Crippen molar-refractivity contribution in [1.82, 2.24) is 10.4 Å². The highest BCUT2D eigenvalue weighted by Gasteiger charge is 2.34. The molecule has 144 valence electrons. The fraction of sp³-hybridized carbons (Fsp3) is 0.0556. The molecule has 0 aromatic heterocycles. The van der Waals surface area contributed by atoms with E-state index >= 15 is 0 Å². The summed E-state index contributed by atoms with van der Waals surface area (Å²) >= 11 is 18.2. The van der Waals surface area contributed by atoms with Crippen molar-refractivity contribution in [1.29, 1.82) is 0 Å². The van der Waals surface area contributed by atoms with Crippen LogP contribution in [0.4, 0.5) is 0 Å². The van der Waals surface area contributed by atoms with E-state index in [0.29, 0.717) is 20.5 Å². The molecule has 1 fully saturated rings. The number of carbonyl (C=O) groups excluding carboxylic acids is 2. The van der Waals surface area contributed by atoms with E-state index in [9.17, 15) is 14.7 Å². The number of methoxy groups -OCH3 is 1. The molecule has 1 saturated heterocycles. The number of ether oxygens (including phenoxy) is 1. The van der Waals surface area contributed by atoms with Gasteiger partial charge in [-0.2, -0.15) is 5.01 Å². The Morgan fingerprint density at radius 2 is 2.04 bits per heavy atom. The van der Waals surface area contributed by atoms with Crippen LogP contribution in [0.1, 0.15) is 15.9 Å². The van der Waals surface area contributed by atoms with Crippen molar-refractivity contribution in [2.45, 2.75) is 0 Å². The van der Waals surface area contributed by atoms with Crippen LogP contribution >= 0.6 is 47.2 Å². The molecule has 0 spiro atoms. The number of thioether (sulfide) groups is 1. The summed E-state index contributed by atoms with van der Waals surface area (Å²) in [6.45, 7) is 0. The molecule has 0 saturated carbocycles. The molecule has 1 heterocycles. The third-order valence-corrected chi connectivity index (χ3v) is 5.56. The number of amides is 2. The van der Waals surface area contributed by atoms with Gasteiger partial charge < -0.3 is 9.84 Å². The maximum absolute atomic E-state index is 12.6. The van der Waals surface area contributed by atoms with Gasteiger partial charge in [-0.1, -0.05) is 41.0 Å². The summed E-state index contributed by atoms with van der Waals surface area (Å²) in [6.07, 6.45) is 1.58. The number of hydrogen-bond donors (Lipinski definition) is 2. The Morgan fingerprint density at radius 3 is 2.71 bits per heavy atom. The number of phenols is 1. The first-order valence-corrected chi connectivity index (χ1v) is 9.69. The van der Waals surface area contributed by atoms with Gasteiger partial charge in [0.15, 0.2) is 15.8 Å². The van der Waals surface area contributed by atoms with Crippen LogP contribution in [0.15, 0.2) is 41.3 Å². The van der Waals surface area contributed by atoms with Gasteiger partial charge in [-0.3, -0.25) is 15.0 Å². The average molecular weight is 455 g/mol. The second-order valence-corrected chi connectivity index (χ2v) is 8.03. The van der Waals surface area contributed by atoms with Gasteiger partial charge in [0.25, 0.3) is 11.8 Å². The number of phenolic OH excluding ortho intramolecular Hbond substituents is 1. The number of hydrazine groups is 1. The molecular weight excluding hydrogens is 443 g/mol. The van der Waals surface area contributed by atoms with Crippen molar-refractivity contribution in [3.63, 3.8) is 0 Å². The van der Waals surface area contributed by atoms with Gasteiger partial charge in [0, 0.05) is 15.6 Å². The lowest BCUT2D eigenvalue weighted by Crippen LogP contribution is -2.44. The minimum atomic E-state index is -0.583. The van der Waals surface area contributed by atoms with E-state index in [1.165, 1.54) is 25.3 Å². The van der Waals surface area contributed by atoms with E-state index in [0.717, 1.165) is 16.8 Å². The van der Waals surface area contributed by atoms with Gasteiger partial charge in [-0.05, 0) is 54.2 Å². The van der Waals surface area contributed by atoms with E-state index < -0.39 is 11.8 Å². The molecule has 3 rings (SSSR count). The monoisotopic (exact) mass is 454 g/mol. The minimum Gasteiger partial charge on any atom is -0.504 e. The fourth-order valence-corrected chi connectivity index (χ4v) is 3.94. The van der Waals surface area contributed by atoms with Gasteiger partial charge in [0.05, 0.1) is 12.0 Å². The van der Waals surface area contributed by atoms with Gasteiger partial charge in [0.1, 0.15) is 0 Å². The third kappa shape index (κ3) is 4.25. The zero-order valence-corrected chi connectivity index (χ0v) is 17.4. The maximum Gasteiger partial charge on any atom is 0.285 e. The van der Waals surface area contributed by atoms with E-state index in [1.807, 2.05) is 0 Å². The molecule has 2 N–H and O–H groups in total. The molecule has 28 heavy (non-hydrogen) atoms. The second kappa shape index (κ2) is 8.40. The fourth-order valence-electron chi connectivity index (χ4n) is 2.31. The van der Waals surface area contributed by atoms with Crippen LogP contribution in [0.3, 0.4) is 0 Å². The summed E-state index contributed by atoms with van der Waals surface area (Å²) in [5, 5.41) is 11.5. The lowest BCUT2D eigenvalue weighted by atomic mass is 10.2. The molecule has 1 aliphatic rings. The molecule has 1 aliphatic heterocycles. The molecule has 10 heteroatoms. The molecule has 0 unspecified atom stereocenters.